The zero-order valence-electron chi connectivity index (χ0n) is 27.9. The van der Waals surface area contributed by atoms with E-state index in [1.54, 1.807) is 0 Å². The molecule has 51 heavy (non-hydrogen) atoms. The Bertz CT molecular complexity index is 2790. The molecule has 2 heterocycles. The average Bonchev–Trinajstić information content (AvgIpc) is 3.72. The monoisotopic (exact) mass is 651 g/mol. The number of benzene rings is 8. The summed E-state index contributed by atoms with van der Waals surface area (Å²) in [5, 5.41) is 4.99. The van der Waals surface area contributed by atoms with Crippen LogP contribution in [-0.4, -0.2) is 9.13 Å². The van der Waals surface area contributed by atoms with Gasteiger partial charge in [-0.25, -0.2) is 0 Å². The highest BCUT2D eigenvalue weighted by Crippen LogP contribution is 2.41. The zero-order chi connectivity index (χ0) is 33.7. The van der Waals surface area contributed by atoms with Crippen molar-refractivity contribution >= 4 is 60.7 Å². The molecule has 240 valence electrons. The second-order valence-corrected chi connectivity index (χ2v) is 13.0. The maximum absolute atomic E-state index is 2.40. The first-order valence-electron chi connectivity index (χ1n) is 17.4. The van der Waals surface area contributed by atoms with Crippen LogP contribution in [0.5, 0.6) is 0 Å². The van der Waals surface area contributed by atoms with E-state index in [9.17, 15) is 0 Å². The molecule has 0 unspecified atom stereocenters. The number of hydrogen-bond acceptors (Lipinski definition) is 1. The van der Waals surface area contributed by atoms with E-state index in [0.717, 1.165) is 28.4 Å². The minimum Gasteiger partial charge on any atom is -0.310 e. The molecule has 3 nitrogen and oxygen atoms in total. The van der Waals surface area contributed by atoms with Crippen molar-refractivity contribution in [2.75, 3.05) is 4.90 Å². The van der Waals surface area contributed by atoms with Gasteiger partial charge in [0.05, 0.1) is 22.1 Å². The number of anilines is 3. The molecule has 3 heteroatoms. The number of nitrogens with zero attached hydrogens (tertiary/aromatic N) is 3. The second-order valence-electron chi connectivity index (χ2n) is 13.0. The Kier molecular flexibility index (Phi) is 6.81. The molecular formula is C48H33N3. The minimum absolute atomic E-state index is 1.09. The molecule has 8 aromatic carbocycles. The summed E-state index contributed by atoms with van der Waals surface area (Å²) >= 11 is 0. The Hall–Kier alpha value is -6.84. The van der Waals surface area contributed by atoms with Crippen LogP contribution < -0.4 is 4.90 Å². The molecule has 0 bridgehead atoms. The van der Waals surface area contributed by atoms with Gasteiger partial charge in [0.25, 0.3) is 0 Å². The topological polar surface area (TPSA) is 13.1 Å². The highest BCUT2D eigenvalue weighted by Gasteiger charge is 2.19. The molecule has 0 spiro atoms. The first-order chi connectivity index (χ1) is 25.3. The molecule has 0 aliphatic carbocycles. The smallest absolute Gasteiger partial charge is 0.0561 e. The number of para-hydroxylation sites is 4. The van der Waals surface area contributed by atoms with E-state index in [2.05, 4.69) is 214 Å². The van der Waals surface area contributed by atoms with Crippen LogP contribution in [0, 0.1) is 0 Å². The first-order valence-corrected chi connectivity index (χ1v) is 17.4. The Morgan fingerprint density at radius 1 is 0.275 bits per heavy atom. The largest absolute Gasteiger partial charge is 0.310 e. The summed E-state index contributed by atoms with van der Waals surface area (Å²) in [7, 11) is 0. The number of rotatable bonds is 6. The molecule has 0 atom stereocenters. The van der Waals surface area contributed by atoms with Crippen molar-refractivity contribution in [3.8, 4) is 22.5 Å². The molecule has 0 N–H and O–H groups in total. The van der Waals surface area contributed by atoms with Crippen molar-refractivity contribution in [2.45, 2.75) is 0 Å². The van der Waals surface area contributed by atoms with E-state index in [1.807, 2.05) is 0 Å². The maximum Gasteiger partial charge on any atom is 0.0561 e. The van der Waals surface area contributed by atoms with Gasteiger partial charge in [0.2, 0.25) is 0 Å². The van der Waals surface area contributed by atoms with E-state index in [0.29, 0.717) is 0 Å². The van der Waals surface area contributed by atoms with Gasteiger partial charge in [-0.2, -0.15) is 0 Å². The molecular weight excluding hydrogens is 619 g/mol. The normalized spacial score (nSPS) is 11.5. The molecule has 2 aromatic heterocycles. The standard InChI is InChI=1S/C48H33N3/c1-3-14-34(15-4-1)35-26-28-37(29-27-35)50-45-23-10-9-22-43(45)44-31-30-40(33-48(44)50)49(36-16-5-2-6-17-36)38-18-13-19-39(32-38)51-46-24-11-7-20-41(46)42-21-8-12-25-47(42)51/h1-33H. The number of fused-ring (bicyclic) bond motifs is 6. The summed E-state index contributed by atoms with van der Waals surface area (Å²) in [5.41, 5.74) is 12.7. The molecule has 0 aliphatic rings. The molecule has 0 amide bonds. The summed E-state index contributed by atoms with van der Waals surface area (Å²) < 4.78 is 4.79. The predicted octanol–water partition coefficient (Wildman–Crippen LogP) is 13.0. The summed E-state index contributed by atoms with van der Waals surface area (Å²) in [6.45, 7) is 0. The first kappa shape index (κ1) is 29.1. The third-order valence-electron chi connectivity index (χ3n) is 10.1. The Morgan fingerprint density at radius 2 is 0.745 bits per heavy atom. The lowest BCUT2D eigenvalue weighted by Crippen LogP contribution is -2.10. The lowest BCUT2D eigenvalue weighted by molar-refractivity contribution is 1.16. The maximum atomic E-state index is 2.40. The van der Waals surface area contributed by atoms with Crippen LogP contribution in [0.1, 0.15) is 0 Å². The van der Waals surface area contributed by atoms with Crippen molar-refractivity contribution in [3.05, 3.63) is 200 Å². The van der Waals surface area contributed by atoms with Crippen LogP contribution in [0.25, 0.3) is 66.1 Å². The number of hydrogen-bond donors (Lipinski definition) is 0. The zero-order valence-corrected chi connectivity index (χ0v) is 27.9. The summed E-state index contributed by atoms with van der Waals surface area (Å²) in [5.74, 6) is 0. The molecule has 10 aromatic rings. The highest BCUT2D eigenvalue weighted by atomic mass is 15.1. The molecule has 10 rings (SSSR count). The SMILES string of the molecule is c1ccc(-c2ccc(-n3c4ccccc4c4ccc(N(c5ccccc5)c5cccc(-n6c7ccccc7c7ccccc76)c5)cc43)cc2)cc1. The fraction of sp³-hybridized carbons (Fsp3) is 0. The van der Waals surface area contributed by atoms with E-state index >= 15 is 0 Å². The summed E-state index contributed by atoms with van der Waals surface area (Å²) in [4.78, 5) is 2.37. The van der Waals surface area contributed by atoms with Gasteiger partial charge < -0.3 is 14.0 Å². The fourth-order valence-corrected chi connectivity index (χ4v) is 7.81. The predicted molar refractivity (Wildman–Crippen MR) is 215 cm³/mol. The quantitative estimate of drug-likeness (QED) is 0.174. The van der Waals surface area contributed by atoms with E-state index in [4.69, 9.17) is 0 Å². The minimum atomic E-state index is 1.09. The third-order valence-corrected chi connectivity index (χ3v) is 10.1. The summed E-state index contributed by atoms with van der Waals surface area (Å²) in [6, 6.07) is 72.1. The van der Waals surface area contributed by atoms with Gasteiger partial charge in [0.15, 0.2) is 0 Å². The summed E-state index contributed by atoms with van der Waals surface area (Å²) in [6.07, 6.45) is 0. The van der Waals surface area contributed by atoms with Gasteiger partial charge in [0, 0.05) is 50.0 Å². The van der Waals surface area contributed by atoms with Gasteiger partial charge in [-0.15, -0.1) is 0 Å². The molecule has 0 saturated carbocycles. The van der Waals surface area contributed by atoms with E-state index < -0.39 is 0 Å². The van der Waals surface area contributed by atoms with Crippen LogP contribution in [0.15, 0.2) is 200 Å². The van der Waals surface area contributed by atoms with Crippen LogP contribution in [0.2, 0.25) is 0 Å². The van der Waals surface area contributed by atoms with Crippen molar-refractivity contribution in [3.63, 3.8) is 0 Å². The van der Waals surface area contributed by atoms with Crippen molar-refractivity contribution in [2.24, 2.45) is 0 Å². The number of aromatic nitrogens is 2. The van der Waals surface area contributed by atoms with Gasteiger partial charge in [-0.3, -0.25) is 0 Å². The second kappa shape index (κ2) is 11.9. The van der Waals surface area contributed by atoms with Crippen molar-refractivity contribution in [1.82, 2.24) is 9.13 Å². The van der Waals surface area contributed by atoms with Crippen LogP contribution >= 0.6 is 0 Å². The van der Waals surface area contributed by atoms with Gasteiger partial charge in [0.1, 0.15) is 0 Å². The Morgan fingerprint density at radius 3 is 1.37 bits per heavy atom. The Labute approximate surface area is 296 Å². The third kappa shape index (κ3) is 4.82. The lowest BCUT2D eigenvalue weighted by atomic mass is 10.1. The van der Waals surface area contributed by atoms with Gasteiger partial charge in [-0.1, -0.05) is 127 Å². The van der Waals surface area contributed by atoms with Crippen molar-refractivity contribution < 1.29 is 0 Å². The van der Waals surface area contributed by atoms with Crippen LogP contribution in [0.3, 0.4) is 0 Å². The van der Waals surface area contributed by atoms with Gasteiger partial charge in [-0.05, 0) is 83.9 Å². The molecule has 0 radical (unpaired) electrons. The van der Waals surface area contributed by atoms with Gasteiger partial charge >= 0.3 is 0 Å². The highest BCUT2D eigenvalue weighted by molar-refractivity contribution is 6.11. The fourth-order valence-electron chi connectivity index (χ4n) is 7.81. The molecule has 0 aliphatic heterocycles. The Balaban J connectivity index is 1.16. The van der Waals surface area contributed by atoms with Crippen LogP contribution in [0.4, 0.5) is 17.1 Å². The lowest BCUT2D eigenvalue weighted by Gasteiger charge is -2.26. The van der Waals surface area contributed by atoms with E-state index in [-0.39, 0.29) is 0 Å². The average molecular weight is 652 g/mol. The molecule has 0 saturated heterocycles. The van der Waals surface area contributed by atoms with E-state index in [1.165, 1.54) is 54.7 Å². The van der Waals surface area contributed by atoms with Crippen molar-refractivity contribution in [1.29, 1.82) is 0 Å². The van der Waals surface area contributed by atoms with Crippen LogP contribution in [-0.2, 0) is 0 Å². The molecule has 0 fully saturated rings.